The van der Waals surface area contributed by atoms with E-state index in [1.807, 2.05) is 53.4 Å². The topological polar surface area (TPSA) is 67.9 Å². The normalized spacial score (nSPS) is 16.1. The van der Waals surface area contributed by atoms with Crippen molar-refractivity contribution in [3.8, 4) is 11.5 Å². The molecular formula is C24H30N2O4. The maximum atomic E-state index is 12.6. The second kappa shape index (κ2) is 10.7. The molecular weight excluding hydrogens is 380 g/mol. The van der Waals surface area contributed by atoms with Crippen LogP contribution in [0.25, 0.3) is 0 Å². The molecule has 30 heavy (non-hydrogen) atoms. The minimum absolute atomic E-state index is 0.0210. The third kappa shape index (κ3) is 5.75. The third-order valence-corrected chi connectivity index (χ3v) is 5.50. The van der Waals surface area contributed by atoms with Gasteiger partial charge in [0.25, 0.3) is 0 Å². The predicted octanol–water partition coefficient (Wildman–Crippen LogP) is 2.84. The van der Waals surface area contributed by atoms with E-state index in [4.69, 9.17) is 9.47 Å². The standard InChI is InChI=1S/C24H30N2O4/c1-29-21-11-10-19(15-22(21)30-2)12-13-25-24(28)20-9-6-14-26(17-20)23(27)16-18-7-4-3-5-8-18/h3-5,7-8,10-11,15,20H,6,9,12-14,16-17H2,1-2H3,(H,25,28)/t20-/m0/s1. The van der Waals surface area contributed by atoms with Gasteiger partial charge in [0, 0.05) is 19.6 Å². The van der Waals surface area contributed by atoms with Crippen molar-refractivity contribution in [3.05, 3.63) is 59.7 Å². The molecule has 0 unspecified atom stereocenters. The first-order chi connectivity index (χ1) is 14.6. The van der Waals surface area contributed by atoms with Crippen molar-refractivity contribution in [2.45, 2.75) is 25.7 Å². The first-order valence-corrected chi connectivity index (χ1v) is 10.4. The van der Waals surface area contributed by atoms with Crippen LogP contribution in [0.2, 0.25) is 0 Å². The van der Waals surface area contributed by atoms with Gasteiger partial charge in [-0.05, 0) is 42.5 Å². The summed E-state index contributed by atoms with van der Waals surface area (Å²) in [4.78, 5) is 27.1. The predicted molar refractivity (Wildman–Crippen MR) is 116 cm³/mol. The Labute approximate surface area is 178 Å². The lowest BCUT2D eigenvalue weighted by atomic mass is 9.96. The summed E-state index contributed by atoms with van der Waals surface area (Å²) in [6.07, 6.45) is 2.76. The van der Waals surface area contributed by atoms with Crippen LogP contribution >= 0.6 is 0 Å². The number of ether oxygens (including phenoxy) is 2. The molecule has 0 radical (unpaired) electrons. The summed E-state index contributed by atoms with van der Waals surface area (Å²) >= 11 is 0. The van der Waals surface area contributed by atoms with Crippen LogP contribution in [0.4, 0.5) is 0 Å². The number of carbonyl (C=O) groups is 2. The minimum atomic E-state index is -0.149. The fourth-order valence-electron chi connectivity index (χ4n) is 3.81. The van der Waals surface area contributed by atoms with E-state index in [-0.39, 0.29) is 17.7 Å². The van der Waals surface area contributed by atoms with Crippen LogP contribution < -0.4 is 14.8 Å². The molecule has 0 saturated carbocycles. The Hall–Kier alpha value is -3.02. The molecule has 160 valence electrons. The molecule has 1 saturated heterocycles. The largest absolute Gasteiger partial charge is 0.493 e. The summed E-state index contributed by atoms with van der Waals surface area (Å²) in [6.45, 7) is 1.76. The van der Waals surface area contributed by atoms with Crippen molar-refractivity contribution in [1.29, 1.82) is 0 Å². The molecule has 6 heteroatoms. The maximum absolute atomic E-state index is 12.6. The highest BCUT2D eigenvalue weighted by Crippen LogP contribution is 2.27. The van der Waals surface area contributed by atoms with Gasteiger partial charge in [-0.2, -0.15) is 0 Å². The van der Waals surface area contributed by atoms with Crippen molar-refractivity contribution in [2.24, 2.45) is 5.92 Å². The van der Waals surface area contributed by atoms with Gasteiger partial charge in [0.2, 0.25) is 11.8 Å². The Morgan fingerprint density at radius 2 is 1.80 bits per heavy atom. The lowest BCUT2D eigenvalue weighted by Crippen LogP contribution is -2.46. The fourth-order valence-corrected chi connectivity index (χ4v) is 3.81. The molecule has 0 aliphatic carbocycles. The molecule has 0 bridgehead atoms. The lowest BCUT2D eigenvalue weighted by molar-refractivity contribution is -0.135. The van der Waals surface area contributed by atoms with Gasteiger partial charge < -0.3 is 19.7 Å². The summed E-state index contributed by atoms with van der Waals surface area (Å²) < 4.78 is 10.6. The highest BCUT2D eigenvalue weighted by Gasteiger charge is 2.28. The van der Waals surface area contributed by atoms with Crippen LogP contribution in [0.3, 0.4) is 0 Å². The number of nitrogens with one attached hydrogen (secondary N) is 1. The quantitative estimate of drug-likeness (QED) is 0.727. The maximum Gasteiger partial charge on any atom is 0.227 e. The summed E-state index contributed by atoms with van der Waals surface area (Å²) in [6, 6.07) is 15.5. The van der Waals surface area contributed by atoms with E-state index in [0.717, 1.165) is 30.5 Å². The Bertz CT molecular complexity index is 854. The van der Waals surface area contributed by atoms with Crippen molar-refractivity contribution < 1.29 is 19.1 Å². The van der Waals surface area contributed by atoms with E-state index < -0.39 is 0 Å². The number of nitrogens with zero attached hydrogens (tertiary/aromatic N) is 1. The number of hydrogen-bond acceptors (Lipinski definition) is 4. The molecule has 1 heterocycles. The number of methoxy groups -OCH3 is 2. The van der Waals surface area contributed by atoms with Crippen LogP contribution in [0.1, 0.15) is 24.0 Å². The monoisotopic (exact) mass is 410 g/mol. The molecule has 2 aromatic carbocycles. The second-order valence-corrected chi connectivity index (χ2v) is 7.57. The van der Waals surface area contributed by atoms with Crippen LogP contribution in [-0.4, -0.2) is 50.6 Å². The fraction of sp³-hybridized carbons (Fsp3) is 0.417. The number of amides is 2. The Kier molecular flexibility index (Phi) is 7.71. The van der Waals surface area contributed by atoms with Crippen molar-refractivity contribution in [2.75, 3.05) is 33.9 Å². The average Bonchev–Trinajstić information content (AvgIpc) is 2.79. The third-order valence-electron chi connectivity index (χ3n) is 5.50. The van der Waals surface area contributed by atoms with Crippen molar-refractivity contribution in [1.82, 2.24) is 10.2 Å². The molecule has 6 nitrogen and oxygen atoms in total. The van der Waals surface area contributed by atoms with Gasteiger partial charge in [-0.15, -0.1) is 0 Å². The molecule has 0 spiro atoms. The van der Waals surface area contributed by atoms with E-state index in [1.54, 1.807) is 14.2 Å². The lowest BCUT2D eigenvalue weighted by Gasteiger charge is -2.32. The summed E-state index contributed by atoms with van der Waals surface area (Å²) in [7, 11) is 3.22. The Morgan fingerprint density at radius 1 is 1.03 bits per heavy atom. The first-order valence-electron chi connectivity index (χ1n) is 10.4. The molecule has 2 aromatic rings. The van der Waals surface area contributed by atoms with Gasteiger partial charge in [-0.3, -0.25) is 9.59 Å². The van der Waals surface area contributed by atoms with Gasteiger partial charge in [0.05, 0.1) is 26.6 Å². The zero-order valence-electron chi connectivity index (χ0n) is 17.7. The van der Waals surface area contributed by atoms with Crippen molar-refractivity contribution >= 4 is 11.8 Å². The van der Waals surface area contributed by atoms with Gasteiger partial charge in [0.15, 0.2) is 11.5 Å². The zero-order chi connectivity index (χ0) is 21.3. The van der Waals surface area contributed by atoms with E-state index >= 15 is 0 Å². The second-order valence-electron chi connectivity index (χ2n) is 7.57. The van der Waals surface area contributed by atoms with E-state index in [9.17, 15) is 9.59 Å². The minimum Gasteiger partial charge on any atom is -0.493 e. The van der Waals surface area contributed by atoms with E-state index in [1.165, 1.54) is 0 Å². The summed E-state index contributed by atoms with van der Waals surface area (Å²) in [5.41, 5.74) is 2.07. The molecule has 1 fully saturated rings. The molecule has 3 rings (SSSR count). The number of hydrogen-bond donors (Lipinski definition) is 1. The smallest absolute Gasteiger partial charge is 0.227 e. The number of rotatable bonds is 8. The van der Waals surface area contributed by atoms with E-state index in [0.29, 0.717) is 37.4 Å². The average molecular weight is 411 g/mol. The van der Waals surface area contributed by atoms with Crippen LogP contribution in [0.15, 0.2) is 48.5 Å². The van der Waals surface area contributed by atoms with Gasteiger partial charge >= 0.3 is 0 Å². The van der Waals surface area contributed by atoms with Gasteiger partial charge in [-0.25, -0.2) is 0 Å². The van der Waals surface area contributed by atoms with Crippen molar-refractivity contribution in [3.63, 3.8) is 0 Å². The number of benzene rings is 2. The number of piperidine rings is 1. The van der Waals surface area contributed by atoms with Gasteiger partial charge in [0.1, 0.15) is 0 Å². The van der Waals surface area contributed by atoms with Crippen LogP contribution in [0.5, 0.6) is 11.5 Å². The molecule has 0 aromatic heterocycles. The van der Waals surface area contributed by atoms with Crippen LogP contribution in [0, 0.1) is 5.92 Å². The molecule has 1 atom stereocenters. The molecule has 1 aliphatic rings. The number of likely N-dealkylation sites (tertiary alicyclic amines) is 1. The first kappa shape index (κ1) is 21.7. The molecule has 2 amide bonds. The van der Waals surface area contributed by atoms with Gasteiger partial charge in [-0.1, -0.05) is 36.4 Å². The van der Waals surface area contributed by atoms with Crippen LogP contribution in [-0.2, 0) is 22.4 Å². The zero-order valence-corrected chi connectivity index (χ0v) is 17.7. The highest BCUT2D eigenvalue weighted by molar-refractivity contribution is 5.82. The molecule has 1 aliphatic heterocycles. The Balaban J connectivity index is 1.47. The summed E-state index contributed by atoms with van der Waals surface area (Å²) in [5, 5.41) is 3.03. The van der Waals surface area contributed by atoms with E-state index in [2.05, 4.69) is 5.32 Å². The Morgan fingerprint density at radius 3 is 2.53 bits per heavy atom. The highest BCUT2D eigenvalue weighted by atomic mass is 16.5. The SMILES string of the molecule is COc1ccc(CCNC(=O)[C@H]2CCCN(C(=O)Cc3ccccc3)C2)cc1OC. The number of carbonyl (C=O) groups excluding carboxylic acids is 2. The summed E-state index contributed by atoms with van der Waals surface area (Å²) in [5.74, 6) is 1.33. The molecule has 1 N–H and O–H groups in total.